The zero-order valence-electron chi connectivity index (χ0n) is 16.2. The molecule has 1 aromatic carbocycles. The van der Waals surface area contributed by atoms with E-state index in [1.807, 2.05) is 48.3 Å². The number of amides is 1. The van der Waals surface area contributed by atoms with Crippen molar-refractivity contribution >= 4 is 29.6 Å². The first-order valence-corrected chi connectivity index (χ1v) is 11.4. The molecule has 7 nitrogen and oxygen atoms in total. The first-order chi connectivity index (χ1) is 14.2. The summed E-state index contributed by atoms with van der Waals surface area (Å²) in [7, 11) is 1.98. The van der Waals surface area contributed by atoms with Gasteiger partial charge in [-0.1, -0.05) is 35.7 Å². The number of likely N-dealkylation sites (tertiary alicyclic amines) is 1. The van der Waals surface area contributed by atoms with Gasteiger partial charge in [0.25, 0.3) is 0 Å². The summed E-state index contributed by atoms with van der Waals surface area (Å²) in [4.78, 5) is 25.9. The Hall–Kier alpha value is -2.39. The summed E-state index contributed by atoms with van der Waals surface area (Å²) in [5, 5.41) is 2.39. The van der Waals surface area contributed by atoms with E-state index < -0.39 is 0 Å². The van der Waals surface area contributed by atoms with Crippen LogP contribution in [0, 0.1) is 0 Å². The Labute approximate surface area is 178 Å². The van der Waals surface area contributed by atoms with Crippen molar-refractivity contribution in [2.75, 3.05) is 13.1 Å². The highest BCUT2D eigenvalue weighted by atomic mass is 32.2. The third-order valence-corrected chi connectivity index (χ3v) is 7.11. The van der Waals surface area contributed by atoms with Crippen LogP contribution in [-0.2, 0) is 12.8 Å². The fourth-order valence-corrected chi connectivity index (χ4v) is 5.00. The van der Waals surface area contributed by atoms with Gasteiger partial charge < -0.3 is 19.2 Å². The molecule has 2 aromatic heterocycles. The van der Waals surface area contributed by atoms with E-state index in [9.17, 15) is 4.79 Å². The van der Waals surface area contributed by atoms with Crippen LogP contribution in [0.25, 0.3) is 0 Å². The summed E-state index contributed by atoms with van der Waals surface area (Å²) in [5.41, 5.74) is 1.16. The van der Waals surface area contributed by atoms with Gasteiger partial charge in [0.2, 0.25) is 0 Å². The summed E-state index contributed by atoms with van der Waals surface area (Å²) in [6.45, 7) is 1.41. The molecule has 1 fully saturated rings. The summed E-state index contributed by atoms with van der Waals surface area (Å²) >= 11 is 3.42. The quantitative estimate of drug-likeness (QED) is 0.592. The Morgan fingerprint density at radius 2 is 2.00 bits per heavy atom. The standard InChI is InChI=1S/C20H23N5O2S2/c1-24-13-10-23-19(24)28-14-15-2-4-16(5-3-15)27-20(26)25-11-6-17(7-12-25)29-18-21-8-9-22-18/h2-5,8-10,13,17H,6-7,11-12,14H2,1H3,(H,21,22). The topological polar surface area (TPSA) is 76.0 Å². The molecule has 0 aliphatic carbocycles. The molecule has 4 rings (SSSR count). The second kappa shape index (κ2) is 9.41. The second-order valence-electron chi connectivity index (χ2n) is 6.82. The van der Waals surface area contributed by atoms with Crippen LogP contribution in [-0.4, -0.2) is 48.9 Å². The van der Waals surface area contributed by atoms with E-state index in [4.69, 9.17) is 4.74 Å². The molecule has 9 heteroatoms. The number of rotatable bonds is 6. The predicted molar refractivity (Wildman–Crippen MR) is 114 cm³/mol. The second-order valence-corrected chi connectivity index (χ2v) is 9.05. The molecule has 0 spiro atoms. The van der Waals surface area contributed by atoms with E-state index in [0.717, 1.165) is 34.5 Å². The number of thioether (sulfide) groups is 2. The molecule has 0 unspecified atom stereocenters. The Morgan fingerprint density at radius 3 is 2.66 bits per heavy atom. The van der Waals surface area contributed by atoms with Crippen LogP contribution in [0.4, 0.5) is 4.79 Å². The number of ether oxygens (including phenoxy) is 1. The molecule has 0 saturated carbocycles. The fourth-order valence-electron chi connectivity index (χ4n) is 3.09. The molecule has 0 radical (unpaired) electrons. The minimum Gasteiger partial charge on any atom is -0.410 e. The van der Waals surface area contributed by atoms with Gasteiger partial charge in [-0.05, 0) is 30.5 Å². The van der Waals surface area contributed by atoms with Crippen LogP contribution in [0.2, 0.25) is 0 Å². The normalized spacial score (nSPS) is 14.9. The maximum atomic E-state index is 12.5. The Morgan fingerprint density at radius 1 is 1.21 bits per heavy atom. The number of imidazole rings is 2. The van der Waals surface area contributed by atoms with Crippen molar-refractivity contribution in [3.8, 4) is 5.75 Å². The van der Waals surface area contributed by atoms with Crippen molar-refractivity contribution in [2.24, 2.45) is 7.05 Å². The molecule has 0 atom stereocenters. The Balaban J connectivity index is 1.23. The molecule has 3 heterocycles. The lowest BCUT2D eigenvalue weighted by molar-refractivity contribution is 0.143. The lowest BCUT2D eigenvalue weighted by Gasteiger charge is -2.30. The smallest absolute Gasteiger partial charge is 0.410 e. The van der Waals surface area contributed by atoms with Crippen LogP contribution in [0.3, 0.4) is 0 Å². The van der Waals surface area contributed by atoms with E-state index in [2.05, 4.69) is 15.0 Å². The number of nitrogens with one attached hydrogen (secondary N) is 1. The van der Waals surface area contributed by atoms with Crippen LogP contribution >= 0.6 is 23.5 Å². The number of carbonyl (C=O) groups excluding carboxylic acids is 1. The van der Waals surface area contributed by atoms with Crippen molar-refractivity contribution in [2.45, 2.75) is 34.2 Å². The maximum absolute atomic E-state index is 12.5. The monoisotopic (exact) mass is 429 g/mol. The molecule has 3 aromatic rings. The van der Waals surface area contributed by atoms with Gasteiger partial charge >= 0.3 is 6.09 Å². The third-order valence-electron chi connectivity index (χ3n) is 4.73. The van der Waals surface area contributed by atoms with Crippen LogP contribution in [0.15, 0.2) is 59.4 Å². The van der Waals surface area contributed by atoms with Gasteiger partial charge in [0.1, 0.15) is 5.75 Å². The summed E-state index contributed by atoms with van der Waals surface area (Å²) in [5.74, 6) is 1.40. The molecular weight excluding hydrogens is 406 g/mol. The molecular formula is C20H23N5O2S2. The molecule has 29 heavy (non-hydrogen) atoms. The average molecular weight is 430 g/mol. The van der Waals surface area contributed by atoms with Gasteiger partial charge in [-0.2, -0.15) is 0 Å². The number of hydrogen-bond acceptors (Lipinski definition) is 6. The highest BCUT2D eigenvalue weighted by Crippen LogP contribution is 2.28. The van der Waals surface area contributed by atoms with Gasteiger partial charge in [0, 0.05) is 55.9 Å². The Bertz CT molecular complexity index is 919. The number of H-pyrrole nitrogens is 1. The van der Waals surface area contributed by atoms with E-state index in [1.165, 1.54) is 0 Å². The molecule has 1 N–H and O–H groups in total. The predicted octanol–water partition coefficient (Wildman–Crippen LogP) is 4.19. The van der Waals surface area contributed by atoms with E-state index in [1.54, 1.807) is 40.8 Å². The van der Waals surface area contributed by atoms with E-state index >= 15 is 0 Å². The lowest BCUT2D eigenvalue weighted by Crippen LogP contribution is -2.40. The van der Waals surface area contributed by atoms with Crippen molar-refractivity contribution < 1.29 is 9.53 Å². The van der Waals surface area contributed by atoms with Gasteiger partial charge in [0.15, 0.2) is 10.3 Å². The van der Waals surface area contributed by atoms with Crippen LogP contribution < -0.4 is 4.74 Å². The minimum absolute atomic E-state index is 0.276. The zero-order valence-corrected chi connectivity index (χ0v) is 17.8. The largest absolute Gasteiger partial charge is 0.415 e. The number of nitrogens with zero attached hydrogens (tertiary/aromatic N) is 4. The number of aromatic nitrogens is 4. The van der Waals surface area contributed by atoms with Gasteiger partial charge in [-0.15, -0.1) is 0 Å². The first-order valence-electron chi connectivity index (χ1n) is 9.49. The van der Waals surface area contributed by atoms with Crippen molar-refractivity contribution in [3.05, 3.63) is 54.6 Å². The summed E-state index contributed by atoms with van der Waals surface area (Å²) in [6, 6.07) is 7.69. The highest BCUT2D eigenvalue weighted by Gasteiger charge is 2.25. The number of carbonyl (C=O) groups is 1. The lowest BCUT2D eigenvalue weighted by atomic mass is 10.1. The number of benzene rings is 1. The highest BCUT2D eigenvalue weighted by molar-refractivity contribution is 7.99. The van der Waals surface area contributed by atoms with Crippen molar-refractivity contribution in [1.82, 2.24) is 24.4 Å². The molecule has 152 valence electrons. The fraction of sp³-hybridized carbons (Fsp3) is 0.350. The molecule has 1 saturated heterocycles. The van der Waals surface area contributed by atoms with Gasteiger partial charge in [-0.3, -0.25) is 0 Å². The van der Waals surface area contributed by atoms with E-state index in [0.29, 0.717) is 24.1 Å². The molecule has 0 bridgehead atoms. The number of aryl methyl sites for hydroxylation is 1. The van der Waals surface area contributed by atoms with Gasteiger partial charge in [0.05, 0.1) is 0 Å². The van der Waals surface area contributed by atoms with Crippen LogP contribution in [0.5, 0.6) is 5.75 Å². The minimum atomic E-state index is -0.276. The Kier molecular flexibility index (Phi) is 6.46. The zero-order chi connectivity index (χ0) is 20.1. The van der Waals surface area contributed by atoms with Crippen LogP contribution in [0.1, 0.15) is 18.4 Å². The molecule has 1 aliphatic rings. The summed E-state index contributed by atoms with van der Waals surface area (Å²) < 4.78 is 7.56. The molecule has 1 amide bonds. The maximum Gasteiger partial charge on any atom is 0.415 e. The van der Waals surface area contributed by atoms with E-state index in [-0.39, 0.29) is 6.09 Å². The third kappa shape index (κ3) is 5.36. The molecule has 1 aliphatic heterocycles. The SMILES string of the molecule is Cn1ccnc1SCc1ccc(OC(=O)N2CCC(Sc3ncc[nH]3)CC2)cc1. The number of hydrogen-bond donors (Lipinski definition) is 1. The van der Waals surface area contributed by atoms with Crippen molar-refractivity contribution in [1.29, 1.82) is 0 Å². The summed E-state index contributed by atoms with van der Waals surface area (Å²) in [6.07, 6.45) is 8.91. The van der Waals surface area contributed by atoms with Crippen molar-refractivity contribution in [3.63, 3.8) is 0 Å². The van der Waals surface area contributed by atoms with Gasteiger partial charge in [-0.25, -0.2) is 14.8 Å². The number of aromatic amines is 1. The number of piperidine rings is 1. The average Bonchev–Trinajstić information content (AvgIpc) is 3.39. The first kappa shape index (κ1) is 19.9.